The zero-order valence-corrected chi connectivity index (χ0v) is 13.9. The first-order valence-corrected chi connectivity index (χ1v) is 8.62. The summed E-state index contributed by atoms with van der Waals surface area (Å²) in [6.45, 7) is 11.9. The van der Waals surface area contributed by atoms with Gasteiger partial charge in [0.2, 0.25) is 10.0 Å². The summed E-state index contributed by atoms with van der Waals surface area (Å²) in [4.78, 5) is 3.37. The van der Waals surface area contributed by atoms with Crippen molar-refractivity contribution in [2.75, 3.05) is 13.1 Å². The molecule has 5 nitrogen and oxygen atoms in total. The molecule has 0 atom stereocenters. The highest BCUT2D eigenvalue weighted by Gasteiger charge is 2.28. The number of nitrogens with zero attached hydrogens (tertiary/aromatic N) is 1. The minimum Gasteiger partial charge on any atom is -0.363 e. The van der Waals surface area contributed by atoms with E-state index in [1.807, 2.05) is 34.6 Å². The molecule has 0 aliphatic rings. The minimum atomic E-state index is -3.43. The number of hydrogen-bond acceptors (Lipinski definition) is 3. The molecule has 0 saturated carbocycles. The van der Waals surface area contributed by atoms with Gasteiger partial charge in [-0.25, -0.2) is 8.42 Å². The van der Waals surface area contributed by atoms with Gasteiger partial charge in [0.25, 0.3) is 0 Å². The summed E-state index contributed by atoms with van der Waals surface area (Å²) in [5, 5.41) is 3.17. The van der Waals surface area contributed by atoms with Gasteiger partial charge in [0.1, 0.15) is 0 Å². The molecule has 0 radical (unpaired) electrons. The molecule has 1 aromatic rings. The molecule has 0 fully saturated rings. The molecule has 0 unspecified atom stereocenters. The third-order valence-corrected chi connectivity index (χ3v) is 5.03. The van der Waals surface area contributed by atoms with E-state index >= 15 is 0 Å². The van der Waals surface area contributed by atoms with E-state index in [2.05, 4.69) is 10.3 Å². The maximum Gasteiger partial charge on any atom is 0.244 e. The monoisotopic (exact) mass is 301 g/mol. The summed E-state index contributed by atoms with van der Waals surface area (Å²) in [5.74, 6) is 0.298. The zero-order chi connectivity index (χ0) is 15.3. The molecule has 116 valence electrons. The summed E-state index contributed by atoms with van der Waals surface area (Å²) in [5.41, 5.74) is 0.888. The van der Waals surface area contributed by atoms with Crippen LogP contribution < -0.4 is 5.32 Å². The van der Waals surface area contributed by atoms with Crippen molar-refractivity contribution in [3.63, 3.8) is 0 Å². The molecule has 0 spiro atoms. The first-order valence-electron chi connectivity index (χ1n) is 7.18. The molecule has 0 saturated heterocycles. The summed E-state index contributed by atoms with van der Waals surface area (Å²) in [6, 6.07) is 1.67. The molecule has 0 amide bonds. The highest BCUT2D eigenvalue weighted by molar-refractivity contribution is 7.89. The Morgan fingerprint density at radius 3 is 2.45 bits per heavy atom. The third kappa shape index (κ3) is 4.33. The second-order valence-corrected chi connectivity index (χ2v) is 7.59. The second kappa shape index (κ2) is 7.24. The summed E-state index contributed by atoms with van der Waals surface area (Å²) in [6.07, 6.45) is 1.58. The van der Waals surface area contributed by atoms with Crippen molar-refractivity contribution in [1.29, 1.82) is 0 Å². The Hall–Kier alpha value is -0.850. The van der Waals surface area contributed by atoms with Crippen molar-refractivity contribution in [2.24, 2.45) is 5.92 Å². The van der Waals surface area contributed by atoms with E-state index in [1.54, 1.807) is 16.6 Å². The lowest BCUT2D eigenvalue weighted by Gasteiger charge is -2.27. The lowest BCUT2D eigenvalue weighted by Crippen LogP contribution is -2.39. The Morgan fingerprint density at radius 2 is 1.95 bits per heavy atom. The van der Waals surface area contributed by atoms with Crippen molar-refractivity contribution in [3.05, 3.63) is 18.0 Å². The first kappa shape index (κ1) is 17.2. The Kier molecular flexibility index (Phi) is 6.23. The van der Waals surface area contributed by atoms with Crippen molar-refractivity contribution >= 4 is 10.0 Å². The van der Waals surface area contributed by atoms with Crippen LogP contribution in [0.2, 0.25) is 0 Å². The predicted octanol–water partition coefficient (Wildman–Crippen LogP) is 2.18. The van der Waals surface area contributed by atoms with Crippen molar-refractivity contribution < 1.29 is 8.42 Å². The summed E-state index contributed by atoms with van der Waals surface area (Å²) in [7, 11) is -3.43. The van der Waals surface area contributed by atoms with Crippen molar-refractivity contribution in [1.82, 2.24) is 14.6 Å². The van der Waals surface area contributed by atoms with E-state index in [0.717, 1.165) is 12.2 Å². The van der Waals surface area contributed by atoms with Gasteiger partial charge in [-0.3, -0.25) is 0 Å². The zero-order valence-electron chi connectivity index (χ0n) is 13.1. The predicted molar refractivity (Wildman–Crippen MR) is 82.0 cm³/mol. The molecule has 1 aromatic heterocycles. The van der Waals surface area contributed by atoms with Crippen LogP contribution in [0.1, 0.15) is 40.3 Å². The topological polar surface area (TPSA) is 65.2 Å². The quantitative estimate of drug-likeness (QED) is 0.773. The fraction of sp³-hybridized carbons (Fsp3) is 0.714. The van der Waals surface area contributed by atoms with Gasteiger partial charge in [-0.15, -0.1) is 0 Å². The average Bonchev–Trinajstić information content (AvgIpc) is 2.82. The summed E-state index contributed by atoms with van der Waals surface area (Å²) < 4.78 is 26.9. The second-order valence-electron chi connectivity index (χ2n) is 5.70. The fourth-order valence-corrected chi connectivity index (χ4v) is 3.83. The van der Waals surface area contributed by atoms with E-state index in [0.29, 0.717) is 23.9 Å². The molecule has 6 heteroatoms. The van der Waals surface area contributed by atoms with E-state index < -0.39 is 10.0 Å². The first-order chi connectivity index (χ1) is 9.28. The maximum atomic E-state index is 12.7. The fourth-order valence-electron chi connectivity index (χ4n) is 2.01. The largest absolute Gasteiger partial charge is 0.363 e. The third-order valence-electron chi connectivity index (χ3n) is 3.01. The molecule has 0 bridgehead atoms. The van der Waals surface area contributed by atoms with Gasteiger partial charge in [-0.1, -0.05) is 20.8 Å². The number of nitrogens with one attached hydrogen (secondary N) is 2. The minimum absolute atomic E-state index is 0.0467. The van der Waals surface area contributed by atoms with Crippen LogP contribution in [0.25, 0.3) is 0 Å². The molecular weight excluding hydrogens is 274 g/mol. The number of aromatic nitrogens is 1. The van der Waals surface area contributed by atoms with E-state index in [9.17, 15) is 8.42 Å². The van der Waals surface area contributed by atoms with Crippen LogP contribution in [0.3, 0.4) is 0 Å². The van der Waals surface area contributed by atoms with Gasteiger partial charge in [0.05, 0.1) is 4.90 Å². The lowest BCUT2D eigenvalue weighted by atomic mass is 10.2. The van der Waals surface area contributed by atoms with E-state index in [4.69, 9.17) is 0 Å². The van der Waals surface area contributed by atoms with Crippen LogP contribution >= 0.6 is 0 Å². The van der Waals surface area contributed by atoms with E-state index in [-0.39, 0.29) is 6.04 Å². The van der Waals surface area contributed by atoms with Crippen LogP contribution in [0.4, 0.5) is 0 Å². The Labute approximate surface area is 122 Å². The van der Waals surface area contributed by atoms with Gasteiger partial charge in [-0.2, -0.15) is 4.31 Å². The van der Waals surface area contributed by atoms with Crippen LogP contribution in [0, 0.1) is 5.92 Å². The molecule has 0 aliphatic carbocycles. The van der Waals surface area contributed by atoms with Gasteiger partial charge in [-0.05, 0) is 32.4 Å². The maximum absolute atomic E-state index is 12.7. The highest BCUT2D eigenvalue weighted by atomic mass is 32.2. The molecule has 1 heterocycles. The highest BCUT2D eigenvalue weighted by Crippen LogP contribution is 2.20. The smallest absolute Gasteiger partial charge is 0.244 e. The summed E-state index contributed by atoms with van der Waals surface area (Å²) >= 11 is 0. The van der Waals surface area contributed by atoms with E-state index in [1.165, 1.54) is 0 Å². The van der Waals surface area contributed by atoms with Crippen LogP contribution in [-0.2, 0) is 16.6 Å². The normalized spacial score (nSPS) is 12.8. The number of H-pyrrole nitrogens is 1. The molecule has 0 aliphatic heterocycles. The molecular formula is C14H27N3O2S. The molecule has 1 rings (SSSR count). The standard InChI is InChI=1S/C14H27N3O2S/c1-6-15-8-13-7-14(9-16-13)20(18,19)17(12(4)5)10-11(2)3/h7,9,11-12,15-16H,6,8,10H2,1-5H3. The Balaban J connectivity index is 2.98. The average molecular weight is 301 g/mol. The Morgan fingerprint density at radius 1 is 1.30 bits per heavy atom. The van der Waals surface area contributed by atoms with Crippen LogP contribution in [0.15, 0.2) is 17.2 Å². The number of sulfonamides is 1. The van der Waals surface area contributed by atoms with Crippen molar-refractivity contribution in [3.8, 4) is 0 Å². The number of hydrogen-bond donors (Lipinski definition) is 2. The number of rotatable bonds is 8. The van der Waals surface area contributed by atoms with Gasteiger partial charge >= 0.3 is 0 Å². The lowest BCUT2D eigenvalue weighted by molar-refractivity contribution is 0.319. The van der Waals surface area contributed by atoms with Gasteiger partial charge in [0, 0.05) is 31.0 Å². The van der Waals surface area contributed by atoms with Crippen LogP contribution in [0.5, 0.6) is 0 Å². The van der Waals surface area contributed by atoms with Gasteiger partial charge in [0.15, 0.2) is 0 Å². The molecule has 0 aromatic carbocycles. The number of aromatic amines is 1. The molecule has 20 heavy (non-hydrogen) atoms. The van der Waals surface area contributed by atoms with Crippen molar-refractivity contribution in [2.45, 2.75) is 52.1 Å². The SMILES string of the molecule is CCNCc1cc(S(=O)(=O)N(CC(C)C)C(C)C)c[nH]1. The van der Waals surface area contributed by atoms with Crippen LogP contribution in [-0.4, -0.2) is 36.8 Å². The van der Waals surface area contributed by atoms with Gasteiger partial charge < -0.3 is 10.3 Å². The Bertz CT molecular complexity index is 506. The molecule has 2 N–H and O–H groups in total.